The Bertz CT molecular complexity index is 1540. The van der Waals surface area contributed by atoms with Crippen molar-refractivity contribution in [2.75, 3.05) is 19.6 Å². The number of fused-ring (bicyclic) bond motifs is 2. The van der Waals surface area contributed by atoms with Crippen LogP contribution < -0.4 is 22.3 Å². The first-order valence-corrected chi connectivity index (χ1v) is 14.9. The first kappa shape index (κ1) is 24.8. The number of nitrogens with zero attached hydrogens (tertiary/aromatic N) is 4. The van der Waals surface area contributed by atoms with E-state index in [2.05, 4.69) is 34.3 Å². The number of aromatic nitrogens is 2. The number of rotatable bonds is 5. The summed E-state index contributed by atoms with van der Waals surface area (Å²) in [6.45, 7) is 4.13. The average molecular weight is 526 g/mol. The largest absolute Gasteiger partial charge is 0.322 e. The Morgan fingerprint density at radius 1 is 0.769 bits per heavy atom. The van der Waals surface area contributed by atoms with Gasteiger partial charge in [-0.2, -0.15) is 5.10 Å². The SMILES string of the molecule is NN=c1c(=O)n(CCN2CCCC2)c2ccccc2n(CC23CC4CC(CC(C4)C2)C3)c1=O.c1cc2cc-2c1. The lowest BCUT2D eigenvalue weighted by atomic mass is 9.49. The van der Waals surface area contributed by atoms with Gasteiger partial charge >= 0.3 is 0 Å². The Labute approximate surface area is 229 Å². The molecule has 1 aromatic heterocycles. The summed E-state index contributed by atoms with van der Waals surface area (Å²) in [6.07, 6.45) is 10.1. The third-order valence-corrected chi connectivity index (χ3v) is 10.1. The highest BCUT2D eigenvalue weighted by Crippen LogP contribution is 2.60. The van der Waals surface area contributed by atoms with Crippen molar-refractivity contribution in [2.24, 2.45) is 34.1 Å². The number of hydrogen-bond donors (Lipinski definition) is 1. The van der Waals surface area contributed by atoms with Gasteiger partial charge in [0.05, 0.1) is 11.0 Å². The predicted molar refractivity (Wildman–Crippen MR) is 154 cm³/mol. The van der Waals surface area contributed by atoms with Crippen molar-refractivity contribution >= 4 is 11.0 Å². The predicted octanol–water partition coefficient (Wildman–Crippen LogP) is 3.92. The van der Waals surface area contributed by atoms with Crippen molar-refractivity contribution in [1.82, 2.24) is 14.0 Å². The van der Waals surface area contributed by atoms with E-state index in [1.165, 1.54) is 62.5 Å². The number of hydrogen-bond acceptors (Lipinski definition) is 5. The Hall–Kier alpha value is -3.19. The van der Waals surface area contributed by atoms with Gasteiger partial charge in [-0.05, 0) is 117 Å². The molecule has 0 unspecified atom stereocenters. The van der Waals surface area contributed by atoms with Crippen molar-refractivity contribution < 1.29 is 0 Å². The fraction of sp³-hybridized carbons (Fsp3) is 0.531. The molecule has 9 rings (SSSR count). The van der Waals surface area contributed by atoms with E-state index in [1.54, 1.807) is 4.57 Å². The van der Waals surface area contributed by atoms with Crippen LogP contribution in [0.15, 0.2) is 63.2 Å². The highest BCUT2D eigenvalue weighted by Gasteiger charge is 2.51. The highest BCUT2D eigenvalue weighted by molar-refractivity contribution is 5.80. The van der Waals surface area contributed by atoms with Gasteiger partial charge in [0.2, 0.25) is 5.36 Å². The van der Waals surface area contributed by atoms with Gasteiger partial charge in [0.1, 0.15) is 0 Å². The van der Waals surface area contributed by atoms with Crippen LogP contribution in [0.5, 0.6) is 0 Å². The zero-order chi connectivity index (χ0) is 26.6. The number of benzene rings is 2. The Morgan fingerprint density at radius 3 is 1.85 bits per heavy atom. The minimum absolute atomic E-state index is 0.141. The van der Waals surface area contributed by atoms with Gasteiger partial charge in [-0.25, -0.2) is 0 Å². The van der Waals surface area contributed by atoms with E-state index in [-0.39, 0.29) is 21.9 Å². The summed E-state index contributed by atoms with van der Waals surface area (Å²) in [5, 5.41) is 3.61. The third kappa shape index (κ3) is 4.65. The standard InChI is InChI=1S/C26H35N5O2.C6H4/c27-28-23-24(32)30(10-9-29-7-3-4-8-29)21-5-1-2-6-22(21)31(25(23)33)17-26-14-18-11-19(15-26)13-20(12-18)16-26;1-2-5-4-6(5)3-1/h1-2,5-6,18-20H,3-4,7-17,27H2;1-4H. The molecule has 1 aromatic carbocycles. The number of nitrogens with two attached hydrogens (primary N) is 1. The van der Waals surface area contributed by atoms with Crippen molar-refractivity contribution in [1.29, 1.82) is 0 Å². The molecule has 1 saturated heterocycles. The maximum atomic E-state index is 13.7. The Morgan fingerprint density at radius 2 is 1.33 bits per heavy atom. The van der Waals surface area contributed by atoms with E-state index in [1.807, 2.05) is 28.8 Å². The first-order chi connectivity index (χ1) is 19.0. The lowest BCUT2D eigenvalue weighted by Gasteiger charge is -2.57. The molecule has 39 heavy (non-hydrogen) atoms. The molecule has 4 bridgehead atoms. The van der Waals surface area contributed by atoms with Crippen LogP contribution in [0.4, 0.5) is 0 Å². The smallest absolute Gasteiger partial charge is 0.284 e. The molecule has 6 aliphatic carbocycles. The number of para-hydroxylation sites is 2. The second kappa shape index (κ2) is 9.77. The van der Waals surface area contributed by atoms with Crippen LogP contribution in [0, 0.1) is 23.2 Å². The normalized spacial score (nSPS) is 28.5. The molecule has 0 radical (unpaired) electrons. The fourth-order valence-corrected chi connectivity index (χ4v) is 8.72. The minimum Gasteiger partial charge on any atom is -0.322 e. The van der Waals surface area contributed by atoms with E-state index in [9.17, 15) is 9.59 Å². The second-order valence-corrected chi connectivity index (χ2v) is 12.9. The van der Waals surface area contributed by atoms with Gasteiger partial charge in [0, 0.05) is 19.6 Å². The van der Waals surface area contributed by atoms with Gasteiger partial charge in [-0.3, -0.25) is 9.59 Å². The van der Waals surface area contributed by atoms with Crippen LogP contribution in [0.3, 0.4) is 0 Å². The average Bonchev–Trinajstić information content (AvgIpc) is 3.27. The zero-order valence-corrected chi connectivity index (χ0v) is 22.7. The molecule has 2 aromatic rings. The van der Waals surface area contributed by atoms with Crippen LogP contribution in [-0.2, 0) is 13.1 Å². The molecule has 1 aliphatic heterocycles. The van der Waals surface area contributed by atoms with E-state index in [0.29, 0.717) is 13.1 Å². The van der Waals surface area contributed by atoms with Crippen molar-refractivity contribution in [3.8, 4) is 11.1 Å². The quantitative estimate of drug-likeness (QED) is 0.316. The van der Waals surface area contributed by atoms with Crippen LogP contribution >= 0.6 is 0 Å². The minimum atomic E-state index is -0.373. The molecule has 0 atom stereocenters. The molecule has 0 amide bonds. The summed E-state index contributed by atoms with van der Waals surface area (Å²) in [6, 6.07) is 16.4. The molecule has 2 N–H and O–H groups in total. The molecule has 5 fully saturated rings. The van der Waals surface area contributed by atoms with Crippen molar-refractivity contribution in [3.05, 3.63) is 74.6 Å². The third-order valence-electron chi connectivity index (χ3n) is 10.1. The summed E-state index contributed by atoms with van der Waals surface area (Å²) in [7, 11) is 0. The summed E-state index contributed by atoms with van der Waals surface area (Å²) in [5.74, 6) is 8.08. The Kier molecular flexibility index (Phi) is 6.22. The fourth-order valence-electron chi connectivity index (χ4n) is 8.72. The van der Waals surface area contributed by atoms with E-state index < -0.39 is 0 Å². The van der Waals surface area contributed by atoms with E-state index in [4.69, 9.17) is 5.84 Å². The lowest BCUT2D eigenvalue weighted by molar-refractivity contribution is -0.0617. The molecule has 204 valence electrons. The van der Waals surface area contributed by atoms with Gasteiger partial charge in [0.15, 0.2) is 0 Å². The lowest BCUT2D eigenvalue weighted by Crippen LogP contribution is -2.51. The summed E-state index contributed by atoms with van der Waals surface area (Å²) in [4.78, 5) is 29.6. The van der Waals surface area contributed by atoms with Crippen LogP contribution in [-0.4, -0.2) is 33.7 Å². The van der Waals surface area contributed by atoms with Gasteiger partial charge in [-0.15, -0.1) is 0 Å². The van der Waals surface area contributed by atoms with E-state index in [0.717, 1.165) is 48.4 Å². The molecular weight excluding hydrogens is 486 g/mol. The topological polar surface area (TPSA) is 85.6 Å². The maximum absolute atomic E-state index is 13.7. The van der Waals surface area contributed by atoms with Gasteiger partial charge in [0.25, 0.3) is 11.1 Å². The molecular formula is C32H39N5O2. The maximum Gasteiger partial charge on any atom is 0.284 e. The molecule has 7 aliphatic rings. The molecule has 0 spiro atoms. The monoisotopic (exact) mass is 525 g/mol. The highest BCUT2D eigenvalue weighted by atomic mass is 16.1. The number of likely N-dealkylation sites (tertiary alicyclic amines) is 1. The van der Waals surface area contributed by atoms with Gasteiger partial charge < -0.3 is 19.9 Å². The first-order valence-electron chi connectivity index (χ1n) is 14.9. The van der Waals surface area contributed by atoms with Crippen molar-refractivity contribution in [3.63, 3.8) is 0 Å². The summed E-state index contributed by atoms with van der Waals surface area (Å²) in [5.41, 5.74) is 3.93. The molecule has 2 heterocycles. The molecule has 4 saturated carbocycles. The zero-order valence-electron chi connectivity index (χ0n) is 22.7. The van der Waals surface area contributed by atoms with Crippen LogP contribution in [0.25, 0.3) is 22.2 Å². The summed E-state index contributed by atoms with van der Waals surface area (Å²) < 4.78 is 3.58. The van der Waals surface area contributed by atoms with Gasteiger partial charge in [-0.1, -0.05) is 30.3 Å². The van der Waals surface area contributed by atoms with Crippen molar-refractivity contribution in [2.45, 2.75) is 64.5 Å². The Balaban J connectivity index is 0.000000368. The van der Waals surface area contributed by atoms with Crippen LogP contribution in [0.2, 0.25) is 0 Å². The van der Waals surface area contributed by atoms with E-state index >= 15 is 0 Å². The van der Waals surface area contributed by atoms with Crippen LogP contribution in [0.1, 0.15) is 51.4 Å². The summed E-state index contributed by atoms with van der Waals surface area (Å²) >= 11 is 0. The molecule has 7 nitrogen and oxygen atoms in total. The molecule has 7 heteroatoms. The second-order valence-electron chi connectivity index (χ2n) is 12.9.